The minimum atomic E-state index is -0.181. The number of fused-ring (bicyclic) bond motifs is 1. The number of ether oxygens (including phenoxy) is 1. The Bertz CT molecular complexity index is 1130. The van der Waals surface area contributed by atoms with Crippen LogP contribution in [0.15, 0.2) is 78.9 Å². The third-order valence-electron chi connectivity index (χ3n) is 6.19. The van der Waals surface area contributed by atoms with E-state index in [4.69, 9.17) is 4.74 Å². The molecule has 1 aliphatic rings. The van der Waals surface area contributed by atoms with Gasteiger partial charge in [0.15, 0.2) is 0 Å². The van der Waals surface area contributed by atoms with E-state index in [2.05, 4.69) is 6.92 Å². The first-order valence-electron chi connectivity index (χ1n) is 11.4. The van der Waals surface area contributed by atoms with E-state index in [0.29, 0.717) is 12.0 Å². The number of amides is 2. The molecule has 0 fully saturated rings. The van der Waals surface area contributed by atoms with Crippen LogP contribution < -0.4 is 14.5 Å². The summed E-state index contributed by atoms with van der Waals surface area (Å²) in [7, 11) is 1.63. The number of nitrogens with zero attached hydrogens (tertiary/aromatic N) is 2. The highest BCUT2D eigenvalue weighted by molar-refractivity contribution is 6.07. The maximum Gasteiger partial charge on any atom is 0.258 e. The van der Waals surface area contributed by atoms with Crippen LogP contribution in [0.4, 0.5) is 11.4 Å². The first-order chi connectivity index (χ1) is 15.9. The van der Waals surface area contributed by atoms with Crippen molar-refractivity contribution in [3.05, 3.63) is 90.0 Å². The van der Waals surface area contributed by atoms with Gasteiger partial charge in [-0.25, -0.2) is 0 Å². The fraction of sp³-hybridized carbons (Fsp3) is 0.286. The molecule has 1 aliphatic heterocycles. The summed E-state index contributed by atoms with van der Waals surface area (Å²) in [6.45, 7) is 5.89. The normalized spacial score (nSPS) is 17.4. The van der Waals surface area contributed by atoms with E-state index >= 15 is 0 Å². The molecule has 170 valence electrons. The van der Waals surface area contributed by atoms with Crippen LogP contribution in [0.1, 0.15) is 49.2 Å². The molecule has 5 nitrogen and oxygen atoms in total. The Morgan fingerprint density at radius 3 is 2.21 bits per heavy atom. The fourth-order valence-corrected chi connectivity index (χ4v) is 4.54. The van der Waals surface area contributed by atoms with Gasteiger partial charge in [-0.3, -0.25) is 9.59 Å². The summed E-state index contributed by atoms with van der Waals surface area (Å²) >= 11 is 0. The number of benzene rings is 3. The van der Waals surface area contributed by atoms with E-state index in [1.807, 2.05) is 103 Å². The van der Waals surface area contributed by atoms with Gasteiger partial charge in [0.05, 0.1) is 13.2 Å². The van der Waals surface area contributed by atoms with Crippen molar-refractivity contribution in [1.29, 1.82) is 0 Å². The van der Waals surface area contributed by atoms with E-state index in [9.17, 15) is 9.59 Å². The van der Waals surface area contributed by atoms with Crippen molar-refractivity contribution in [3.8, 4) is 5.75 Å². The van der Waals surface area contributed by atoms with Crippen molar-refractivity contribution in [2.24, 2.45) is 5.92 Å². The molecule has 0 bridgehead atoms. The SMILES string of the molecule is COc1ccc(N(C(=O)C(C)C)C2CC(C)N(C(=O)c3ccccc3)c3ccccc32)cc1. The van der Waals surface area contributed by atoms with E-state index in [-0.39, 0.29) is 29.8 Å². The smallest absolute Gasteiger partial charge is 0.258 e. The lowest BCUT2D eigenvalue weighted by atomic mass is 9.89. The van der Waals surface area contributed by atoms with E-state index in [1.54, 1.807) is 7.11 Å². The largest absolute Gasteiger partial charge is 0.497 e. The third kappa shape index (κ3) is 4.36. The number of hydrogen-bond donors (Lipinski definition) is 0. The Morgan fingerprint density at radius 2 is 1.58 bits per heavy atom. The number of carbonyl (C=O) groups is 2. The number of para-hydroxylation sites is 1. The topological polar surface area (TPSA) is 49.9 Å². The lowest BCUT2D eigenvalue weighted by Crippen LogP contribution is -2.48. The van der Waals surface area contributed by atoms with Crippen LogP contribution in [-0.4, -0.2) is 25.0 Å². The first kappa shape index (κ1) is 22.6. The second-order valence-electron chi connectivity index (χ2n) is 8.76. The molecule has 3 aromatic carbocycles. The van der Waals surface area contributed by atoms with Crippen LogP contribution in [0.5, 0.6) is 5.75 Å². The molecule has 0 spiro atoms. The molecule has 1 heterocycles. The second-order valence-corrected chi connectivity index (χ2v) is 8.76. The van der Waals surface area contributed by atoms with Gasteiger partial charge in [-0.1, -0.05) is 50.2 Å². The van der Waals surface area contributed by atoms with E-state index in [1.165, 1.54) is 0 Å². The van der Waals surface area contributed by atoms with Crippen molar-refractivity contribution in [3.63, 3.8) is 0 Å². The summed E-state index contributed by atoms with van der Waals surface area (Å²) in [4.78, 5) is 30.7. The Hall–Kier alpha value is -3.60. The Balaban J connectivity index is 1.80. The second kappa shape index (κ2) is 9.49. The van der Waals surface area contributed by atoms with Crippen LogP contribution in [0, 0.1) is 5.92 Å². The molecule has 2 unspecified atom stereocenters. The number of rotatable bonds is 5. The zero-order chi connectivity index (χ0) is 23.5. The van der Waals surface area contributed by atoms with Gasteiger partial charge in [0.1, 0.15) is 5.75 Å². The molecule has 0 saturated heterocycles. The molecule has 2 amide bonds. The summed E-state index contributed by atoms with van der Waals surface area (Å²) in [5.41, 5.74) is 3.31. The molecule has 0 aromatic heterocycles. The molecule has 33 heavy (non-hydrogen) atoms. The molecule has 0 radical (unpaired) electrons. The highest BCUT2D eigenvalue weighted by Crippen LogP contribution is 2.43. The zero-order valence-electron chi connectivity index (χ0n) is 19.6. The van der Waals surface area contributed by atoms with Crippen LogP contribution >= 0.6 is 0 Å². The fourth-order valence-electron chi connectivity index (χ4n) is 4.54. The molecule has 5 heteroatoms. The molecule has 0 saturated carbocycles. The highest BCUT2D eigenvalue weighted by atomic mass is 16.5. The summed E-state index contributed by atoms with van der Waals surface area (Å²) in [6.07, 6.45) is 0.639. The number of methoxy groups -OCH3 is 1. The van der Waals surface area contributed by atoms with Gasteiger partial charge in [0, 0.05) is 28.9 Å². The molecule has 0 aliphatic carbocycles. The van der Waals surface area contributed by atoms with Crippen LogP contribution in [0.3, 0.4) is 0 Å². The summed E-state index contributed by atoms with van der Waals surface area (Å²) in [6, 6.07) is 24.6. The van der Waals surface area contributed by atoms with Gasteiger partial charge >= 0.3 is 0 Å². The van der Waals surface area contributed by atoms with Gasteiger partial charge in [-0.05, 0) is 61.4 Å². The minimum Gasteiger partial charge on any atom is -0.497 e. The van der Waals surface area contributed by atoms with Crippen molar-refractivity contribution in [2.45, 2.75) is 39.3 Å². The summed E-state index contributed by atoms with van der Waals surface area (Å²) in [5, 5.41) is 0. The molecular formula is C28H30N2O3. The van der Waals surface area contributed by atoms with Gasteiger partial charge in [-0.15, -0.1) is 0 Å². The van der Waals surface area contributed by atoms with Gasteiger partial charge in [0.25, 0.3) is 5.91 Å². The highest BCUT2D eigenvalue weighted by Gasteiger charge is 2.39. The van der Waals surface area contributed by atoms with Gasteiger partial charge < -0.3 is 14.5 Å². The number of hydrogen-bond acceptors (Lipinski definition) is 3. The molecule has 3 aromatic rings. The summed E-state index contributed by atoms with van der Waals surface area (Å²) in [5.74, 6) is 0.599. The Morgan fingerprint density at radius 1 is 0.939 bits per heavy atom. The zero-order valence-corrected chi connectivity index (χ0v) is 19.6. The van der Waals surface area contributed by atoms with E-state index < -0.39 is 0 Å². The first-order valence-corrected chi connectivity index (χ1v) is 11.4. The lowest BCUT2D eigenvalue weighted by molar-refractivity contribution is -0.122. The maximum atomic E-state index is 13.5. The standard InChI is InChI=1S/C28H30N2O3/c1-19(2)27(31)30(22-14-16-23(33-4)17-15-22)26-18-20(3)29(25-13-9-8-12-24(25)26)28(32)21-10-6-5-7-11-21/h5-17,19-20,26H,18H2,1-4H3. The van der Waals surface area contributed by atoms with Crippen molar-refractivity contribution < 1.29 is 14.3 Å². The molecule has 0 N–H and O–H groups in total. The van der Waals surface area contributed by atoms with Crippen molar-refractivity contribution in [2.75, 3.05) is 16.9 Å². The predicted molar refractivity (Wildman–Crippen MR) is 132 cm³/mol. The Labute approximate surface area is 195 Å². The molecule has 4 rings (SSSR count). The van der Waals surface area contributed by atoms with Crippen LogP contribution in [0.2, 0.25) is 0 Å². The van der Waals surface area contributed by atoms with Crippen LogP contribution in [0.25, 0.3) is 0 Å². The molecule has 2 atom stereocenters. The maximum absolute atomic E-state index is 13.5. The predicted octanol–water partition coefficient (Wildman–Crippen LogP) is 5.86. The average Bonchev–Trinajstić information content (AvgIpc) is 2.84. The van der Waals surface area contributed by atoms with Gasteiger partial charge in [0.2, 0.25) is 5.91 Å². The third-order valence-corrected chi connectivity index (χ3v) is 6.19. The van der Waals surface area contributed by atoms with Gasteiger partial charge in [-0.2, -0.15) is 0 Å². The number of anilines is 2. The molecular weight excluding hydrogens is 412 g/mol. The lowest BCUT2D eigenvalue weighted by Gasteiger charge is -2.44. The number of carbonyl (C=O) groups excluding carboxylic acids is 2. The minimum absolute atomic E-state index is 0.0276. The van der Waals surface area contributed by atoms with E-state index in [0.717, 1.165) is 22.7 Å². The van der Waals surface area contributed by atoms with Crippen molar-refractivity contribution in [1.82, 2.24) is 0 Å². The average molecular weight is 443 g/mol. The monoisotopic (exact) mass is 442 g/mol. The summed E-state index contributed by atoms with van der Waals surface area (Å²) < 4.78 is 5.31. The van der Waals surface area contributed by atoms with Crippen molar-refractivity contribution >= 4 is 23.2 Å². The quantitative estimate of drug-likeness (QED) is 0.497. The Kier molecular flexibility index (Phi) is 6.50. The van der Waals surface area contributed by atoms with Crippen LogP contribution in [-0.2, 0) is 4.79 Å².